The number of benzene rings is 3. The van der Waals surface area contributed by atoms with Crippen molar-refractivity contribution in [2.45, 2.75) is 6.92 Å². The fraction of sp³-hybridized carbons (Fsp3) is 0.0800. The van der Waals surface area contributed by atoms with Crippen LogP contribution in [0.25, 0.3) is 39.2 Å². The van der Waals surface area contributed by atoms with Gasteiger partial charge in [-0.3, -0.25) is 14.5 Å². The summed E-state index contributed by atoms with van der Waals surface area (Å²) in [4.78, 5) is 32.3. The summed E-state index contributed by atoms with van der Waals surface area (Å²) in [6.45, 7) is 2.00. The van der Waals surface area contributed by atoms with Crippen LogP contribution in [0.2, 0.25) is 5.02 Å². The number of amides is 2. The van der Waals surface area contributed by atoms with Gasteiger partial charge in [-0.1, -0.05) is 53.6 Å². The van der Waals surface area contributed by atoms with Crippen LogP contribution >= 0.6 is 11.6 Å². The molecule has 2 aromatic heterocycles. The molecule has 0 saturated heterocycles. The number of halogens is 1. The summed E-state index contributed by atoms with van der Waals surface area (Å²) in [5.41, 5.74) is 11.2. The molecule has 5 aromatic rings. The van der Waals surface area contributed by atoms with Gasteiger partial charge in [0.25, 0.3) is 0 Å². The van der Waals surface area contributed by atoms with Gasteiger partial charge < -0.3 is 10.7 Å². The van der Waals surface area contributed by atoms with Gasteiger partial charge in [0.2, 0.25) is 5.95 Å². The Bertz CT molecular complexity index is 1630. The van der Waals surface area contributed by atoms with E-state index in [2.05, 4.69) is 15.3 Å². The number of aromatic nitrogens is 4. The van der Waals surface area contributed by atoms with Crippen molar-refractivity contribution >= 4 is 34.6 Å². The van der Waals surface area contributed by atoms with Gasteiger partial charge in [-0.2, -0.15) is 0 Å². The number of urea groups is 1. The van der Waals surface area contributed by atoms with Gasteiger partial charge in [0.15, 0.2) is 0 Å². The Hall–Kier alpha value is -4.30. The van der Waals surface area contributed by atoms with Crippen LogP contribution in [0, 0.1) is 6.92 Å². The molecule has 0 fully saturated rings. The third kappa shape index (κ3) is 3.64. The van der Waals surface area contributed by atoms with Gasteiger partial charge in [-0.25, -0.2) is 14.6 Å². The van der Waals surface area contributed by atoms with Gasteiger partial charge in [-0.05, 0) is 37.3 Å². The summed E-state index contributed by atoms with van der Waals surface area (Å²) in [6, 6.07) is 20.1. The maximum Gasteiger partial charge on any atom is 0.333 e. The van der Waals surface area contributed by atoms with E-state index in [0.717, 1.165) is 27.7 Å². The first-order chi connectivity index (χ1) is 16.3. The van der Waals surface area contributed by atoms with Gasteiger partial charge >= 0.3 is 11.7 Å². The Labute approximate surface area is 199 Å². The number of nitrogens with zero attached hydrogens (tertiary/aromatic N) is 3. The Morgan fingerprint density at radius 1 is 1.03 bits per heavy atom. The third-order valence-corrected chi connectivity index (χ3v) is 5.99. The molecule has 4 N–H and O–H groups in total. The molecule has 8 nitrogen and oxygen atoms in total. The molecule has 3 aromatic carbocycles. The monoisotopic (exact) mass is 472 g/mol. The molecule has 0 unspecified atom stereocenters. The molecule has 170 valence electrons. The highest BCUT2D eigenvalue weighted by Gasteiger charge is 2.19. The van der Waals surface area contributed by atoms with Crippen LogP contribution in [-0.2, 0) is 7.05 Å². The second-order valence-corrected chi connectivity index (χ2v) is 8.41. The van der Waals surface area contributed by atoms with Crippen LogP contribution in [0.4, 0.5) is 10.7 Å². The van der Waals surface area contributed by atoms with Crippen LogP contribution < -0.4 is 16.7 Å². The molecular formula is C25H21ClN6O2. The number of H-pyrrole nitrogens is 1. The molecule has 0 spiro atoms. The molecule has 0 atom stereocenters. The topological polar surface area (TPSA) is 111 Å². The minimum absolute atomic E-state index is 0.208. The molecule has 0 aliphatic rings. The molecule has 0 aliphatic carbocycles. The summed E-state index contributed by atoms with van der Waals surface area (Å²) in [6.07, 6.45) is 0. The van der Waals surface area contributed by atoms with E-state index in [4.69, 9.17) is 17.3 Å². The van der Waals surface area contributed by atoms with Crippen molar-refractivity contribution in [1.82, 2.24) is 19.1 Å². The van der Waals surface area contributed by atoms with Crippen molar-refractivity contribution < 1.29 is 4.79 Å². The largest absolute Gasteiger partial charge is 0.351 e. The van der Waals surface area contributed by atoms with Crippen LogP contribution in [0.1, 0.15) is 5.56 Å². The zero-order valence-electron chi connectivity index (χ0n) is 18.5. The second kappa shape index (κ2) is 8.24. The quantitative estimate of drug-likeness (QED) is 0.348. The lowest BCUT2D eigenvalue weighted by Crippen LogP contribution is -2.21. The van der Waals surface area contributed by atoms with Gasteiger partial charge in [0.1, 0.15) is 0 Å². The van der Waals surface area contributed by atoms with E-state index in [1.807, 2.05) is 67.6 Å². The van der Waals surface area contributed by atoms with Crippen molar-refractivity contribution in [3.8, 4) is 28.2 Å². The van der Waals surface area contributed by atoms with Gasteiger partial charge in [0, 0.05) is 18.2 Å². The van der Waals surface area contributed by atoms with E-state index in [9.17, 15) is 9.59 Å². The fourth-order valence-electron chi connectivity index (χ4n) is 4.12. The first-order valence-corrected chi connectivity index (χ1v) is 10.9. The summed E-state index contributed by atoms with van der Waals surface area (Å²) in [5.74, 6) is 0.238. The SMILES string of the molecule is Cc1cccc(-c2nc(NC(N)=O)[nH]c2-c2ccc3c(c2)n(C)c(=O)n3-c2ccccc2Cl)c1. The van der Waals surface area contributed by atoms with Crippen molar-refractivity contribution in [2.75, 3.05) is 5.32 Å². The molecule has 0 radical (unpaired) electrons. The van der Waals surface area contributed by atoms with E-state index < -0.39 is 6.03 Å². The van der Waals surface area contributed by atoms with Crippen molar-refractivity contribution in [3.63, 3.8) is 0 Å². The fourth-order valence-corrected chi connectivity index (χ4v) is 4.34. The molecule has 9 heteroatoms. The Balaban J connectivity index is 1.72. The molecule has 0 aliphatic heterocycles. The normalized spacial score (nSPS) is 11.1. The molecule has 34 heavy (non-hydrogen) atoms. The number of rotatable bonds is 4. The first kappa shape index (κ1) is 21.5. The van der Waals surface area contributed by atoms with Crippen molar-refractivity contribution in [3.05, 3.63) is 87.8 Å². The highest BCUT2D eigenvalue weighted by atomic mass is 35.5. The number of nitrogens with two attached hydrogens (primary N) is 1. The average molecular weight is 473 g/mol. The number of fused-ring (bicyclic) bond motifs is 1. The molecule has 2 amide bonds. The van der Waals surface area contributed by atoms with Crippen molar-refractivity contribution in [1.29, 1.82) is 0 Å². The Kier molecular flexibility index (Phi) is 5.22. The third-order valence-electron chi connectivity index (χ3n) is 5.67. The summed E-state index contributed by atoms with van der Waals surface area (Å²) in [5, 5.41) is 2.99. The highest BCUT2D eigenvalue weighted by Crippen LogP contribution is 2.34. The van der Waals surface area contributed by atoms with Gasteiger partial charge in [0.05, 0.1) is 33.1 Å². The van der Waals surface area contributed by atoms with E-state index >= 15 is 0 Å². The van der Waals surface area contributed by atoms with Crippen molar-refractivity contribution in [2.24, 2.45) is 12.8 Å². The molecule has 0 saturated carbocycles. The number of carbonyl (C=O) groups excluding carboxylic acids is 1. The van der Waals surface area contributed by atoms with Crippen LogP contribution in [0.15, 0.2) is 71.5 Å². The second-order valence-electron chi connectivity index (χ2n) is 8.00. The lowest BCUT2D eigenvalue weighted by atomic mass is 10.0. The van der Waals surface area contributed by atoms with E-state index in [1.165, 1.54) is 0 Å². The van der Waals surface area contributed by atoms with Crippen LogP contribution in [0.3, 0.4) is 0 Å². The lowest BCUT2D eigenvalue weighted by Gasteiger charge is -2.07. The highest BCUT2D eigenvalue weighted by molar-refractivity contribution is 6.32. The molecule has 5 rings (SSSR count). The van der Waals surface area contributed by atoms with E-state index in [1.54, 1.807) is 22.2 Å². The first-order valence-electron chi connectivity index (χ1n) is 10.5. The Morgan fingerprint density at radius 3 is 2.56 bits per heavy atom. The predicted molar refractivity (Wildman–Crippen MR) is 134 cm³/mol. The number of aryl methyl sites for hydroxylation is 2. The number of aromatic amines is 1. The number of carbonyl (C=O) groups is 1. The zero-order valence-corrected chi connectivity index (χ0v) is 19.2. The van der Waals surface area contributed by atoms with E-state index in [-0.39, 0.29) is 11.6 Å². The predicted octanol–water partition coefficient (Wildman–Crippen LogP) is 4.84. The van der Waals surface area contributed by atoms with Gasteiger partial charge in [-0.15, -0.1) is 0 Å². The smallest absolute Gasteiger partial charge is 0.333 e. The Morgan fingerprint density at radius 2 is 1.82 bits per heavy atom. The van der Waals surface area contributed by atoms with Crippen LogP contribution in [-0.4, -0.2) is 25.1 Å². The summed E-state index contributed by atoms with van der Waals surface area (Å²) in [7, 11) is 1.72. The number of hydrogen-bond donors (Lipinski definition) is 3. The maximum absolute atomic E-state index is 13.1. The summed E-state index contributed by atoms with van der Waals surface area (Å²) >= 11 is 6.39. The minimum atomic E-state index is -0.717. The average Bonchev–Trinajstić information content (AvgIpc) is 3.33. The number of para-hydroxylation sites is 1. The zero-order chi connectivity index (χ0) is 24.0. The minimum Gasteiger partial charge on any atom is -0.351 e. The molecule has 2 heterocycles. The number of hydrogen-bond acceptors (Lipinski definition) is 3. The molecule has 0 bridgehead atoms. The maximum atomic E-state index is 13.1. The van der Waals surface area contributed by atoms with Crippen LogP contribution in [0.5, 0.6) is 0 Å². The number of imidazole rings is 2. The standard InChI is InChI=1S/C25H21ClN6O2/c1-14-6-5-7-15(12-14)21-22(29-24(28-21)30-23(27)33)16-10-11-19-20(13-16)31(2)25(34)32(19)18-9-4-3-8-17(18)26/h3-13H,1-2H3,(H4,27,28,29,30,33). The molecular weight excluding hydrogens is 452 g/mol. The summed E-state index contributed by atoms with van der Waals surface area (Å²) < 4.78 is 3.17. The number of anilines is 1. The lowest BCUT2D eigenvalue weighted by molar-refractivity contribution is 0.259. The number of primary amides is 1. The van der Waals surface area contributed by atoms with E-state index in [0.29, 0.717) is 22.1 Å². The number of nitrogens with one attached hydrogen (secondary N) is 2.